The highest BCUT2D eigenvalue weighted by atomic mass is 16.5. The summed E-state index contributed by atoms with van der Waals surface area (Å²) < 4.78 is 11.2. The van der Waals surface area contributed by atoms with Crippen LogP contribution in [0, 0.1) is 0 Å². The summed E-state index contributed by atoms with van der Waals surface area (Å²) in [4.78, 5) is 4.16. The van der Waals surface area contributed by atoms with E-state index in [9.17, 15) is 0 Å². The van der Waals surface area contributed by atoms with E-state index >= 15 is 0 Å². The van der Waals surface area contributed by atoms with Crippen molar-refractivity contribution in [3.8, 4) is 17.1 Å². The van der Waals surface area contributed by atoms with Gasteiger partial charge in [0.25, 0.3) is 0 Å². The Morgan fingerprint density at radius 1 is 1.32 bits per heavy atom. The lowest BCUT2D eigenvalue weighted by atomic mass is 10.2. The Morgan fingerprint density at radius 2 is 2.16 bits per heavy atom. The molecule has 0 amide bonds. The quantitative estimate of drug-likeness (QED) is 0.866. The average Bonchev–Trinajstić information content (AvgIpc) is 2.86. The van der Waals surface area contributed by atoms with E-state index in [1.807, 2.05) is 25.1 Å². The van der Waals surface area contributed by atoms with Crippen molar-refractivity contribution < 1.29 is 9.15 Å². The summed E-state index contributed by atoms with van der Waals surface area (Å²) in [6.45, 7) is 7.54. The second kappa shape index (κ2) is 6.38. The molecule has 4 nitrogen and oxygen atoms in total. The number of aromatic nitrogens is 1. The van der Waals surface area contributed by atoms with Crippen molar-refractivity contribution in [3.05, 3.63) is 36.4 Å². The molecule has 0 unspecified atom stereocenters. The van der Waals surface area contributed by atoms with Crippen LogP contribution >= 0.6 is 0 Å². The van der Waals surface area contributed by atoms with Gasteiger partial charge in [-0.25, -0.2) is 0 Å². The maximum atomic E-state index is 5.80. The summed E-state index contributed by atoms with van der Waals surface area (Å²) in [5, 5.41) is 3.32. The second-order valence-electron chi connectivity index (χ2n) is 4.64. The van der Waals surface area contributed by atoms with E-state index in [2.05, 4.69) is 24.1 Å². The molecule has 0 saturated carbocycles. The Labute approximate surface area is 113 Å². The van der Waals surface area contributed by atoms with Crippen molar-refractivity contribution in [2.45, 2.75) is 33.4 Å². The third-order valence-corrected chi connectivity index (χ3v) is 2.65. The van der Waals surface area contributed by atoms with Crippen LogP contribution in [0.5, 0.6) is 5.75 Å². The topological polar surface area (TPSA) is 47.3 Å². The van der Waals surface area contributed by atoms with Gasteiger partial charge in [0.15, 0.2) is 0 Å². The fraction of sp³-hybridized carbons (Fsp3) is 0.400. The molecule has 2 heterocycles. The van der Waals surface area contributed by atoms with Crippen LogP contribution in [-0.2, 0) is 6.54 Å². The molecule has 0 radical (unpaired) electrons. The van der Waals surface area contributed by atoms with Crippen LogP contribution in [0.1, 0.15) is 26.5 Å². The maximum absolute atomic E-state index is 5.80. The maximum Gasteiger partial charge on any atom is 0.138 e. The summed E-state index contributed by atoms with van der Waals surface area (Å²) in [6.07, 6.45) is 3.48. The number of pyridine rings is 1. The van der Waals surface area contributed by atoms with Crippen molar-refractivity contribution in [2.75, 3.05) is 6.61 Å². The van der Waals surface area contributed by atoms with Crippen LogP contribution in [0.4, 0.5) is 0 Å². The number of ether oxygens (including phenoxy) is 1. The molecule has 0 aliphatic carbocycles. The first kappa shape index (κ1) is 13.6. The number of furan rings is 1. The monoisotopic (exact) mass is 260 g/mol. The van der Waals surface area contributed by atoms with E-state index in [-0.39, 0.29) is 0 Å². The molecule has 0 saturated heterocycles. The molecule has 2 aromatic heterocycles. The van der Waals surface area contributed by atoms with E-state index in [0.717, 1.165) is 29.4 Å². The van der Waals surface area contributed by atoms with Crippen molar-refractivity contribution in [1.29, 1.82) is 0 Å². The molecule has 2 rings (SSSR count). The van der Waals surface area contributed by atoms with Gasteiger partial charge in [-0.1, -0.05) is 13.8 Å². The van der Waals surface area contributed by atoms with Crippen molar-refractivity contribution in [1.82, 2.24) is 10.3 Å². The zero-order chi connectivity index (χ0) is 13.7. The molecule has 102 valence electrons. The Hall–Kier alpha value is -1.81. The molecule has 19 heavy (non-hydrogen) atoms. The minimum Gasteiger partial charge on any atom is -0.492 e. The zero-order valence-electron chi connectivity index (χ0n) is 11.6. The fourth-order valence-corrected chi connectivity index (χ4v) is 1.73. The standard InChI is InChI=1S/C15H20N2O2/c1-4-18-14-7-12(8-16-9-14)15-6-5-13(19-15)10-17-11(2)3/h5-9,11,17H,4,10H2,1-3H3. The van der Waals surface area contributed by atoms with Crippen LogP contribution in [0.15, 0.2) is 35.0 Å². The highest BCUT2D eigenvalue weighted by Gasteiger charge is 2.07. The summed E-state index contributed by atoms with van der Waals surface area (Å²) in [7, 11) is 0. The van der Waals surface area contributed by atoms with Crippen molar-refractivity contribution >= 4 is 0 Å². The molecule has 2 aromatic rings. The highest BCUT2D eigenvalue weighted by Crippen LogP contribution is 2.24. The normalized spacial score (nSPS) is 10.9. The number of hydrogen-bond donors (Lipinski definition) is 1. The molecule has 0 atom stereocenters. The Morgan fingerprint density at radius 3 is 2.89 bits per heavy atom. The van der Waals surface area contributed by atoms with Gasteiger partial charge in [-0.2, -0.15) is 0 Å². The summed E-state index contributed by atoms with van der Waals surface area (Å²) in [5.41, 5.74) is 0.932. The van der Waals surface area contributed by atoms with Crippen LogP contribution in [0.2, 0.25) is 0 Å². The van der Waals surface area contributed by atoms with Gasteiger partial charge in [0.05, 0.1) is 19.3 Å². The third-order valence-electron chi connectivity index (χ3n) is 2.65. The molecule has 0 aliphatic rings. The van der Waals surface area contributed by atoms with Gasteiger partial charge in [0.1, 0.15) is 17.3 Å². The first-order chi connectivity index (χ1) is 9.19. The molecule has 0 bridgehead atoms. The summed E-state index contributed by atoms with van der Waals surface area (Å²) in [5.74, 6) is 2.50. The largest absolute Gasteiger partial charge is 0.492 e. The predicted molar refractivity (Wildman–Crippen MR) is 75.1 cm³/mol. The van der Waals surface area contributed by atoms with Gasteiger partial charge in [-0.15, -0.1) is 0 Å². The SMILES string of the molecule is CCOc1cncc(-c2ccc(CNC(C)C)o2)c1. The van der Waals surface area contributed by atoms with Crippen molar-refractivity contribution in [2.24, 2.45) is 0 Å². The Balaban J connectivity index is 2.11. The lowest BCUT2D eigenvalue weighted by Crippen LogP contribution is -2.21. The number of hydrogen-bond acceptors (Lipinski definition) is 4. The highest BCUT2D eigenvalue weighted by molar-refractivity contribution is 5.58. The Kier molecular flexibility index (Phi) is 4.58. The summed E-state index contributed by atoms with van der Waals surface area (Å²) >= 11 is 0. The average molecular weight is 260 g/mol. The molecular formula is C15H20N2O2. The van der Waals surface area contributed by atoms with Crippen LogP contribution < -0.4 is 10.1 Å². The van der Waals surface area contributed by atoms with Gasteiger partial charge in [-0.3, -0.25) is 4.98 Å². The van der Waals surface area contributed by atoms with E-state index in [0.29, 0.717) is 12.6 Å². The van der Waals surface area contributed by atoms with Gasteiger partial charge in [-0.05, 0) is 25.1 Å². The smallest absolute Gasteiger partial charge is 0.138 e. The predicted octanol–water partition coefficient (Wildman–Crippen LogP) is 3.24. The lowest BCUT2D eigenvalue weighted by Gasteiger charge is -2.05. The molecule has 0 aliphatic heterocycles. The van der Waals surface area contributed by atoms with E-state index in [4.69, 9.17) is 9.15 Å². The lowest BCUT2D eigenvalue weighted by molar-refractivity contribution is 0.339. The van der Waals surface area contributed by atoms with E-state index < -0.39 is 0 Å². The third kappa shape index (κ3) is 3.83. The molecule has 0 spiro atoms. The molecular weight excluding hydrogens is 240 g/mol. The van der Waals surface area contributed by atoms with Crippen LogP contribution in [0.25, 0.3) is 11.3 Å². The molecule has 0 aromatic carbocycles. The fourth-order valence-electron chi connectivity index (χ4n) is 1.73. The van der Waals surface area contributed by atoms with E-state index in [1.165, 1.54) is 0 Å². The zero-order valence-corrected chi connectivity index (χ0v) is 11.6. The first-order valence-corrected chi connectivity index (χ1v) is 6.59. The van der Waals surface area contributed by atoms with Crippen molar-refractivity contribution in [3.63, 3.8) is 0 Å². The van der Waals surface area contributed by atoms with Gasteiger partial charge >= 0.3 is 0 Å². The van der Waals surface area contributed by atoms with Crippen LogP contribution in [0.3, 0.4) is 0 Å². The van der Waals surface area contributed by atoms with Gasteiger partial charge in [0, 0.05) is 17.8 Å². The van der Waals surface area contributed by atoms with E-state index in [1.54, 1.807) is 12.4 Å². The molecule has 0 fully saturated rings. The second-order valence-corrected chi connectivity index (χ2v) is 4.64. The Bertz CT molecular complexity index is 520. The minimum absolute atomic E-state index is 0.441. The van der Waals surface area contributed by atoms with Gasteiger partial charge in [0.2, 0.25) is 0 Å². The first-order valence-electron chi connectivity index (χ1n) is 6.59. The number of nitrogens with one attached hydrogen (secondary N) is 1. The molecule has 4 heteroatoms. The number of rotatable bonds is 6. The number of nitrogens with zero attached hydrogens (tertiary/aromatic N) is 1. The minimum atomic E-state index is 0.441. The van der Waals surface area contributed by atoms with Gasteiger partial charge < -0.3 is 14.5 Å². The summed E-state index contributed by atoms with van der Waals surface area (Å²) in [6, 6.07) is 6.33. The molecule has 1 N–H and O–H groups in total. The van der Waals surface area contributed by atoms with Crippen LogP contribution in [-0.4, -0.2) is 17.6 Å².